The van der Waals surface area contributed by atoms with E-state index in [2.05, 4.69) is 10.3 Å². The van der Waals surface area contributed by atoms with Gasteiger partial charge in [-0.2, -0.15) is 0 Å². The van der Waals surface area contributed by atoms with Crippen molar-refractivity contribution in [2.75, 3.05) is 5.32 Å². The number of nitrogens with one attached hydrogen (secondary N) is 2. The molecule has 2 N–H and O–H groups in total. The number of carbonyl (C=O) groups is 2. The van der Waals surface area contributed by atoms with Crippen LogP contribution < -0.4 is 5.32 Å². The van der Waals surface area contributed by atoms with Crippen LogP contribution in [0.5, 0.6) is 0 Å². The number of rotatable bonds is 3. The lowest BCUT2D eigenvalue weighted by Gasteiger charge is -2.07. The molecule has 0 unspecified atom stereocenters. The van der Waals surface area contributed by atoms with Crippen molar-refractivity contribution in [2.24, 2.45) is 0 Å². The van der Waals surface area contributed by atoms with Crippen molar-refractivity contribution in [1.29, 1.82) is 0 Å². The van der Waals surface area contributed by atoms with Gasteiger partial charge in [0, 0.05) is 16.3 Å². The predicted octanol–water partition coefficient (Wildman–Crippen LogP) is 4.39. The van der Waals surface area contributed by atoms with E-state index in [0.717, 1.165) is 0 Å². The van der Waals surface area contributed by atoms with E-state index in [-0.39, 0.29) is 11.7 Å². The average Bonchev–Trinajstić information content (AvgIpc) is 2.68. The highest BCUT2D eigenvalue weighted by Crippen LogP contribution is 2.26. The van der Waals surface area contributed by atoms with Gasteiger partial charge in [-0.1, -0.05) is 23.2 Å². The van der Waals surface area contributed by atoms with Crippen LogP contribution in [0.15, 0.2) is 18.2 Å². The lowest BCUT2D eigenvalue weighted by molar-refractivity contribution is 0.101. The molecule has 0 saturated heterocycles. The van der Waals surface area contributed by atoms with Crippen molar-refractivity contribution in [3.8, 4) is 0 Å². The third kappa shape index (κ3) is 3.12. The fraction of sp³-hybridized carbons (Fsp3) is 0.200. The van der Waals surface area contributed by atoms with Crippen LogP contribution in [0.1, 0.15) is 39.0 Å². The molecule has 0 atom stereocenters. The first-order valence-corrected chi connectivity index (χ1v) is 7.03. The molecule has 1 amide bonds. The Labute approximate surface area is 132 Å². The summed E-state index contributed by atoms with van der Waals surface area (Å²) in [6, 6.07) is 4.81. The van der Waals surface area contributed by atoms with Crippen LogP contribution >= 0.6 is 23.2 Å². The number of hydrogen-bond acceptors (Lipinski definition) is 2. The van der Waals surface area contributed by atoms with Crippen LogP contribution in [0.4, 0.5) is 5.69 Å². The SMILES string of the molecule is CC(=O)c1c(C)[nH]c(C(=O)Nc2ccc(Cl)cc2Cl)c1C. The molecular weight excluding hydrogens is 311 g/mol. The first-order chi connectivity index (χ1) is 9.81. The first-order valence-electron chi connectivity index (χ1n) is 6.27. The second-order valence-corrected chi connectivity index (χ2v) is 5.60. The summed E-state index contributed by atoms with van der Waals surface area (Å²) in [6.45, 7) is 4.97. The van der Waals surface area contributed by atoms with Crippen molar-refractivity contribution >= 4 is 40.6 Å². The Morgan fingerprint density at radius 3 is 2.38 bits per heavy atom. The van der Waals surface area contributed by atoms with Gasteiger partial charge in [0.1, 0.15) is 5.69 Å². The summed E-state index contributed by atoms with van der Waals surface area (Å²) >= 11 is 11.8. The summed E-state index contributed by atoms with van der Waals surface area (Å²) in [5.74, 6) is -0.433. The van der Waals surface area contributed by atoms with E-state index in [1.54, 1.807) is 32.0 Å². The van der Waals surface area contributed by atoms with Gasteiger partial charge < -0.3 is 10.3 Å². The molecule has 0 aliphatic rings. The molecule has 0 bridgehead atoms. The Hall–Kier alpha value is -1.78. The Morgan fingerprint density at radius 2 is 1.86 bits per heavy atom. The number of aromatic amines is 1. The zero-order chi connectivity index (χ0) is 15.7. The van der Waals surface area contributed by atoms with E-state index in [0.29, 0.717) is 38.2 Å². The molecule has 21 heavy (non-hydrogen) atoms. The minimum absolute atomic E-state index is 0.0789. The summed E-state index contributed by atoms with van der Waals surface area (Å²) in [5.41, 5.74) is 2.66. The molecule has 0 fully saturated rings. The van der Waals surface area contributed by atoms with Crippen LogP contribution in [-0.4, -0.2) is 16.7 Å². The molecule has 0 spiro atoms. The maximum atomic E-state index is 12.3. The zero-order valence-electron chi connectivity index (χ0n) is 11.8. The molecule has 0 saturated carbocycles. The van der Waals surface area contributed by atoms with Crippen LogP contribution in [0.3, 0.4) is 0 Å². The van der Waals surface area contributed by atoms with Gasteiger partial charge in [-0.25, -0.2) is 0 Å². The number of benzene rings is 1. The summed E-state index contributed by atoms with van der Waals surface area (Å²) in [5, 5.41) is 3.54. The third-order valence-corrected chi connectivity index (χ3v) is 3.74. The number of amides is 1. The maximum Gasteiger partial charge on any atom is 0.272 e. The van der Waals surface area contributed by atoms with Gasteiger partial charge in [0.15, 0.2) is 5.78 Å². The van der Waals surface area contributed by atoms with E-state index in [4.69, 9.17) is 23.2 Å². The Bertz CT molecular complexity index is 736. The Balaban J connectivity index is 2.33. The van der Waals surface area contributed by atoms with Crippen LogP contribution in [0.25, 0.3) is 0 Å². The molecule has 0 radical (unpaired) electrons. The second kappa shape index (κ2) is 5.92. The molecule has 6 heteroatoms. The molecule has 1 aromatic carbocycles. The fourth-order valence-corrected chi connectivity index (χ4v) is 2.74. The number of aryl methyl sites for hydroxylation is 1. The molecular formula is C15H14Cl2N2O2. The maximum absolute atomic E-state index is 12.3. The van der Waals surface area contributed by atoms with Gasteiger partial charge >= 0.3 is 0 Å². The van der Waals surface area contributed by atoms with E-state index < -0.39 is 0 Å². The lowest BCUT2D eigenvalue weighted by atomic mass is 10.1. The van der Waals surface area contributed by atoms with Crippen molar-refractivity contribution in [2.45, 2.75) is 20.8 Å². The van der Waals surface area contributed by atoms with Crippen LogP contribution in [0, 0.1) is 13.8 Å². The standard InChI is InChI=1S/C15H14Cl2N2O2/c1-7-13(9(3)20)8(2)18-14(7)15(21)19-12-5-4-10(16)6-11(12)17/h4-6,18H,1-3H3,(H,19,21). The molecule has 2 aromatic rings. The molecule has 4 nitrogen and oxygen atoms in total. The minimum atomic E-state index is -0.354. The topological polar surface area (TPSA) is 62.0 Å². The van der Waals surface area contributed by atoms with Crippen molar-refractivity contribution < 1.29 is 9.59 Å². The monoisotopic (exact) mass is 324 g/mol. The highest BCUT2D eigenvalue weighted by molar-refractivity contribution is 6.36. The highest BCUT2D eigenvalue weighted by Gasteiger charge is 2.20. The van der Waals surface area contributed by atoms with Gasteiger partial charge in [0.05, 0.1) is 10.7 Å². The van der Waals surface area contributed by atoms with Crippen LogP contribution in [-0.2, 0) is 0 Å². The Morgan fingerprint density at radius 1 is 1.19 bits per heavy atom. The van der Waals surface area contributed by atoms with Gasteiger partial charge in [-0.15, -0.1) is 0 Å². The van der Waals surface area contributed by atoms with Crippen LogP contribution in [0.2, 0.25) is 10.0 Å². The van der Waals surface area contributed by atoms with Gasteiger partial charge in [0.25, 0.3) is 5.91 Å². The lowest BCUT2D eigenvalue weighted by Crippen LogP contribution is -2.14. The number of carbonyl (C=O) groups excluding carboxylic acids is 2. The van der Waals surface area contributed by atoms with E-state index in [1.165, 1.54) is 6.92 Å². The van der Waals surface area contributed by atoms with E-state index >= 15 is 0 Å². The van der Waals surface area contributed by atoms with Crippen molar-refractivity contribution in [3.05, 3.63) is 50.8 Å². The number of aromatic nitrogens is 1. The van der Waals surface area contributed by atoms with Gasteiger partial charge in [-0.05, 0) is 44.5 Å². The summed E-state index contributed by atoms with van der Waals surface area (Å²) in [4.78, 5) is 26.8. The van der Waals surface area contributed by atoms with Crippen molar-refractivity contribution in [3.63, 3.8) is 0 Å². The average molecular weight is 325 g/mol. The number of hydrogen-bond donors (Lipinski definition) is 2. The number of halogens is 2. The largest absolute Gasteiger partial charge is 0.354 e. The molecule has 0 aliphatic heterocycles. The quantitative estimate of drug-likeness (QED) is 0.822. The van der Waals surface area contributed by atoms with Crippen molar-refractivity contribution in [1.82, 2.24) is 4.98 Å². The third-order valence-electron chi connectivity index (χ3n) is 3.20. The van der Waals surface area contributed by atoms with Gasteiger partial charge in [0.2, 0.25) is 0 Å². The zero-order valence-corrected chi connectivity index (χ0v) is 13.3. The fourth-order valence-electron chi connectivity index (χ4n) is 2.28. The molecule has 1 heterocycles. The first kappa shape index (κ1) is 15.6. The molecule has 110 valence electrons. The second-order valence-electron chi connectivity index (χ2n) is 4.76. The summed E-state index contributed by atoms with van der Waals surface area (Å²) < 4.78 is 0. The Kier molecular flexibility index (Phi) is 4.40. The predicted molar refractivity (Wildman–Crippen MR) is 84.7 cm³/mol. The molecule has 2 rings (SSSR count). The number of ketones is 1. The highest BCUT2D eigenvalue weighted by atomic mass is 35.5. The van der Waals surface area contributed by atoms with E-state index in [9.17, 15) is 9.59 Å². The molecule has 0 aliphatic carbocycles. The number of H-pyrrole nitrogens is 1. The summed E-state index contributed by atoms with van der Waals surface area (Å²) in [7, 11) is 0. The summed E-state index contributed by atoms with van der Waals surface area (Å²) in [6.07, 6.45) is 0. The van der Waals surface area contributed by atoms with E-state index in [1.807, 2.05) is 0 Å². The molecule has 1 aromatic heterocycles. The number of anilines is 1. The normalized spacial score (nSPS) is 10.5. The smallest absolute Gasteiger partial charge is 0.272 e. The van der Waals surface area contributed by atoms with Gasteiger partial charge in [-0.3, -0.25) is 9.59 Å². The number of Topliss-reactive ketones (excluding diaryl/α,β-unsaturated/α-hetero) is 1. The minimum Gasteiger partial charge on any atom is -0.354 e.